The molecule has 1 N–H and O–H groups in total. The van der Waals surface area contributed by atoms with E-state index in [1.165, 1.54) is 0 Å². The van der Waals surface area contributed by atoms with Crippen molar-refractivity contribution in [1.82, 2.24) is 0 Å². The Kier molecular flexibility index (Phi) is 5.20. The van der Waals surface area contributed by atoms with Crippen molar-refractivity contribution in [2.24, 2.45) is 0 Å². The zero-order chi connectivity index (χ0) is 24.1. The van der Waals surface area contributed by atoms with E-state index in [9.17, 15) is 23.5 Å². The molecule has 5 nitrogen and oxygen atoms in total. The zero-order valence-corrected chi connectivity index (χ0v) is 18.5. The second-order valence-corrected chi connectivity index (χ2v) is 8.63. The number of aliphatic hydroxyl groups excluding tert-OH is 1. The maximum absolute atomic E-state index is 14.8. The molecule has 0 bridgehead atoms. The van der Waals surface area contributed by atoms with Crippen LogP contribution in [0.25, 0.3) is 5.76 Å². The lowest BCUT2D eigenvalue weighted by molar-refractivity contribution is -0.132. The number of hydrogen-bond acceptors (Lipinski definition) is 4. The molecule has 0 aromatic heterocycles. The van der Waals surface area contributed by atoms with Crippen LogP contribution in [0.5, 0.6) is 5.75 Å². The molecule has 0 aliphatic carbocycles. The molecule has 1 saturated heterocycles. The first kappa shape index (κ1) is 21.8. The van der Waals surface area contributed by atoms with E-state index in [2.05, 4.69) is 0 Å². The van der Waals surface area contributed by atoms with Crippen LogP contribution in [0.2, 0.25) is 0 Å². The Balaban J connectivity index is 1.71. The predicted molar refractivity (Wildman–Crippen MR) is 123 cm³/mol. The van der Waals surface area contributed by atoms with Crippen LogP contribution in [-0.4, -0.2) is 22.9 Å². The normalized spacial score (nSPS) is 21.0. The second kappa shape index (κ2) is 8.09. The number of aliphatic hydroxyl groups is 1. The SMILES string of the molecule is Cc1cccc(C2/C(=C(/O)c3ccc4c(c3)CC(C)O4)C(=O)C(=O)N2c2ccc(F)cc2F)c1. The first-order valence-corrected chi connectivity index (χ1v) is 10.9. The molecule has 34 heavy (non-hydrogen) atoms. The van der Waals surface area contributed by atoms with Gasteiger partial charge in [0.05, 0.1) is 17.3 Å². The van der Waals surface area contributed by atoms with E-state index >= 15 is 0 Å². The Hall–Kier alpha value is -4.00. The number of carbonyl (C=O) groups is 2. The summed E-state index contributed by atoms with van der Waals surface area (Å²) in [7, 11) is 0. The van der Waals surface area contributed by atoms with Crippen LogP contribution >= 0.6 is 0 Å². The van der Waals surface area contributed by atoms with Gasteiger partial charge in [-0.25, -0.2) is 8.78 Å². The Morgan fingerprint density at radius 3 is 2.59 bits per heavy atom. The number of fused-ring (bicyclic) bond motifs is 1. The first-order chi connectivity index (χ1) is 16.2. The quantitative estimate of drug-likeness (QED) is 0.330. The van der Waals surface area contributed by atoms with Gasteiger partial charge in [0.25, 0.3) is 11.7 Å². The number of Topliss-reactive ketones (excluding diaryl/α,β-unsaturated/α-hetero) is 1. The number of anilines is 1. The number of amides is 1. The minimum absolute atomic E-state index is 0.00767. The van der Waals surface area contributed by atoms with Crippen molar-refractivity contribution in [2.75, 3.05) is 4.90 Å². The zero-order valence-electron chi connectivity index (χ0n) is 18.5. The lowest BCUT2D eigenvalue weighted by Gasteiger charge is -2.26. The second-order valence-electron chi connectivity index (χ2n) is 8.63. The van der Waals surface area contributed by atoms with Crippen molar-refractivity contribution in [3.63, 3.8) is 0 Å². The van der Waals surface area contributed by atoms with E-state index in [0.29, 0.717) is 29.4 Å². The summed E-state index contributed by atoms with van der Waals surface area (Å²) in [6, 6.07) is 13.8. The third kappa shape index (κ3) is 3.53. The van der Waals surface area contributed by atoms with Crippen LogP contribution in [-0.2, 0) is 16.0 Å². The Morgan fingerprint density at radius 2 is 1.85 bits per heavy atom. The standard InChI is InChI=1S/C27H21F2NO4/c1-14-4-3-5-16(10-14)24-23(25(31)17-6-9-22-18(12-17)11-15(2)34-22)26(32)27(33)30(24)21-8-7-19(28)13-20(21)29/h3-10,12-13,15,24,31H,11H2,1-2H3/b25-23-. The number of rotatable bonds is 3. The number of ketones is 1. The summed E-state index contributed by atoms with van der Waals surface area (Å²) in [6.45, 7) is 3.77. The number of ether oxygens (including phenoxy) is 1. The van der Waals surface area contributed by atoms with E-state index in [-0.39, 0.29) is 23.1 Å². The summed E-state index contributed by atoms with van der Waals surface area (Å²) in [5.74, 6) is -3.40. The van der Waals surface area contributed by atoms with Gasteiger partial charge >= 0.3 is 0 Å². The van der Waals surface area contributed by atoms with E-state index in [1.807, 2.05) is 19.9 Å². The molecule has 0 saturated carbocycles. The van der Waals surface area contributed by atoms with E-state index in [1.54, 1.807) is 36.4 Å². The Morgan fingerprint density at radius 1 is 1.06 bits per heavy atom. The molecule has 172 valence electrons. The van der Waals surface area contributed by atoms with Crippen molar-refractivity contribution in [2.45, 2.75) is 32.4 Å². The molecule has 2 heterocycles. The predicted octanol–water partition coefficient (Wildman–Crippen LogP) is 5.22. The van der Waals surface area contributed by atoms with Crippen LogP contribution in [0.4, 0.5) is 14.5 Å². The highest BCUT2D eigenvalue weighted by Crippen LogP contribution is 2.43. The minimum atomic E-state index is -1.09. The maximum atomic E-state index is 14.8. The minimum Gasteiger partial charge on any atom is -0.507 e. The number of carbonyl (C=O) groups excluding carboxylic acids is 2. The van der Waals surface area contributed by atoms with Gasteiger partial charge in [0, 0.05) is 18.1 Å². The van der Waals surface area contributed by atoms with E-state index < -0.39 is 29.4 Å². The first-order valence-electron chi connectivity index (χ1n) is 10.9. The molecule has 5 rings (SSSR count). The fraction of sp³-hybridized carbons (Fsp3) is 0.185. The van der Waals surface area contributed by atoms with Gasteiger partial charge in [0.15, 0.2) is 0 Å². The fourth-order valence-electron chi connectivity index (χ4n) is 4.64. The van der Waals surface area contributed by atoms with Crippen molar-refractivity contribution < 1.29 is 28.2 Å². The smallest absolute Gasteiger partial charge is 0.300 e. The van der Waals surface area contributed by atoms with Crippen molar-refractivity contribution in [1.29, 1.82) is 0 Å². The summed E-state index contributed by atoms with van der Waals surface area (Å²) in [5, 5.41) is 11.3. The summed E-state index contributed by atoms with van der Waals surface area (Å²) < 4.78 is 34.1. The monoisotopic (exact) mass is 461 g/mol. The summed E-state index contributed by atoms with van der Waals surface area (Å²) in [5.41, 5.74) is 2.19. The van der Waals surface area contributed by atoms with Crippen molar-refractivity contribution >= 4 is 23.1 Å². The third-order valence-electron chi connectivity index (χ3n) is 6.14. The Bertz CT molecular complexity index is 1380. The van der Waals surface area contributed by atoms with Crippen LogP contribution < -0.4 is 9.64 Å². The van der Waals surface area contributed by atoms with Crippen molar-refractivity contribution in [3.8, 4) is 5.75 Å². The number of benzene rings is 3. The molecule has 3 aromatic rings. The fourth-order valence-corrected chi connectivity index (χ4v) is 4.64. The van der Waals surface area contributed by atoms with E-state index in [4.69, 9.17) is 4.74 Å². The van der Waals surface area contributed by atoms with Gasteiger partial charge in [-0.05, 0) is 55.3 Å². The lowest BCUT2D eigenvalue weighted by Crippen LogP contribution is -2.30. The molecule has 2 aliphatic rings. The average molecular weight is 461 g/mol. The number of aryl methyl sites for hydroxylation is 1. The maximum Gasteiger partial charge on any atom is 0.300 e. The highest BCUT2D eigenvalue weighted by atomic mass is 19.1. The van der Waals surface area contributed by atoms with E-state index in [0.717, 1.165) is 28.2 Å². The highest BCUT2D eigenvalue weighted by Gasteiger charge is 2.47. The lowest BCUT2D eigenvalue weighted by atomic mass is 9.93. The van der Waals surface area contributed by atoms with Crippen LogP contribution in [0, 0.1) is 18.6 Å². The van der Waals surface area contributed by atoms with Crippen LogP contribution in [0.3, 0.4) is 0 Å². The summed E-state index contributed by atoms with van der Waals surface area (Å²) in [6.07, 6.45) is 0.638. The van der Waals surface area contributed by atoms with Gasteiger partial charge in [0.1, 0.15) is 29.2 Å². The van der Waals surface area contributed by atoms with Crippen molar-refractivity contribution in [3.05, 3.63) is 100 Å². The van der Waals surface area contributed by atoms with Gasteiger partial charge in [-0.3, -0.25) is 14.5 Å². The topological polar surface area (TPSA) is 66.8 Å². The molecular weight excluding hydrogens is 440 g/mol. The van der Waals surface area contributed by atoms with Gasteiger partial charge < -0.3 is 9.84 Å². The summed E-state index contributed by atoms with van der Waals surface area (Å²) in [4.78, 5) is 27.3. The number of halogens is 2. The van der Waals surface area contributed by atoms with Crippen LogP contribution in [0.1, 0.15) is 35.2 Å². The molecule has 1 fully saturated rings. The number of nitrogens with zero attached hydrogens (tertiary/aromatic N) is 1. The molecule has 0 spiro atoms. The van der Waals surface area contributed by atoms with Gasteiger partial charge in [-0.2, -0.15) is 0 Å². The molecule has 2 aliphatic heterocycles. The third-order valence-corrected chi connectivity index (χ3v) is 6.14. The van der Waals surface area contributed by atoms with Gasteiger partial charge in [-0.15, -0.1) is 0 Å². The molecular formula is C27H21F2NO4. The number of hydrogen-bond donors (Lipinski definition) is 1. The molecule has 7 heteroatoms. The van der Waals surface area contributed by atoms with Crippen LogP contribution in [0.15, 0.2) is 66.2 Å². The molecule has 3 aromatic carbocycles. The average Bonchev–Trinajstić information content (AvgIpc) is 3.29. The molecule has 2 unspecified atom stereocenters. The highest BCUT2D eigenvalue weighted by molar-refractivity contribution is 6.51. The van der Waals surface area contributed by atoms with Gasteiger partial charge in [-0.1, -0.05) is 29.8 Å². The Labute approximate surface area is 194 Å². The summed E-state index contributed by atoms with van der Waals surface area (Å²) >= 11 is 0. The molecule has 1 amide bonds. The molecule has 2 atom stereocenters. The largest absolute Gasteiger partial charge is 0.507 e. The molecule has 0 radical (unpaired) electrons. The van der Waals surface area contributed by atoms with Gasteiger partial charge in [0.2, 0.25) is 0 Å².